The van der Waals surface area contributed by atoms with Gasteiger partial charge in [-0.2, -0.15) is 0 Å². The van der Waals surface area contributed by atoms with Crippen molar-refractivity contribution in [2.24, 2.45) is 0 Å². The topological polar surface area (TPSA) is 237 Å². The Morgan fingerprint density at radius 2 is 0.500 bits per heavy atom. The van der Waals surface area contributed by atoms with Crippen molar-refractivity contribution in [2.75, 3.05) is 39.6 Å². The van der Waals surface area contributed by atoms with Gasteiger partial charge in [0.25, 0.3) is 0 Å². The molecule has 0 saturated carbocycles. The highest BCUT2D eigenvalue weighted by molar-refractivity contribution is 7.47. The van der Waals surface area contributed by atoms with Gasteiger partial charge in [0.15, 0.2) is 12.2 Å². The van der Waals surface area contributed by atoms with E-state index in [1.54, 1.807) is 0 Å². The van der Waals surface area contributed by atoms with E-state index in [2.05, 4.69) is 174 Å². The molecule has 0 aliphatic carbocycles. The molecule has 5 atom stereocenters. The minimum atomic E-state index is -5.00. The summed E-state index contributed by atoms with van der Waals surface area (Å²) in [5.41, 5.74) is 0. The van der Waals surface area contributed by atoms with Crippen LogP contribution in [-0.4, -0.2) is 96.7 Å². The lowest BCUT2D eigenvalue weighted by Gasteiger charge is -2.21. The second-order valence-corrected chi connectivity index (χ2v) is 29.5. The van der Waals surface area contributed by atoms with Crippen LogP contribution in [0.1, 0.15) is 310 Å². The Morgan fingerprint density at radius 3 is 0.802 bits per heavy atom. The summed E-state index contributed by atoms with van der Waals surface area (Å²) in [6.07, 6.45) is 90.8. The molecule has 604 valence electrons. The lowest BCUT2D eigenvalue weighted by atomic mass is 10.1. The van der Waals surface area contributed by atoms with Crippen LogP contribution in [-0.2, 0) is 65.4 Å². The smallest absolute Gasteiger partial charge is 0.462 e. The van der Waals surface area contributed by atoms with Crippen molar-refractivity contribution in [3.63, 3.8) is 0 Å². The number of aliphatic hydroxyl groups excluding tert-OH is 1. The van der Waals surface area contributed by atoms with Crippen LogP contribution in [0.2, 0.25) is 0 Å². The molecule has 106 heavy (non-hydrogen) atoms. The van der Waals surface area contributed by atoms with E-state index in [0.717, 1.165) is 186 Å². The highest BCUT2D eigenvalue weighted by Crippen LogP contribution is 2.45. The molecule has 0 saturated heterocycles. The Kier molecular flexibility index (Phi) is 73.9. The molecule has 5 unspecified atom stereocenters. The van der Waals surface area contributed by atoms with Crippen molar-refractivity contribution in [1.82, 2.24) is 0 Å². The van der Waals surface area contributed by atoms with Crippen molar-refractivity contribution in [3.8, 4) is 0 Å². The second kappa shape index (κ2) is 77.8. The van der Waals surface area contributed by atoms with Crippen molar-refractivity contribution in [1.29, 1.82) is 0 Å². The summed E-state index contributed by atoms with van der Waals surface area (Å²) >= 11 is 0. The highest BCUT2D eigenvalue weighted by atomic mass is 31.2. The van der Waals surface area contributed by atoms with Gasteiger partial charge in [-0.1, -0.05) is 282 Å². The third kappa shape index (κ3) is 76.9. The zero-order valence-corrected chi connectivity index (χ0v) is 67.8. The highest BCUT2D eigenvalue weighted by Gasteiger charge is 2.30. The van der Waals surface area contributed by atoms with E-state index < -0.39 is 97.5 Å². The lowest BCUT2D eigenvalue weighted by Crippen LogP contribution is -2.30. The second-order valence-electron chi connectivity index (χ2n) is 26.6. The number of hydrogen-bond acceptors (Lipinski definition) is 15. The molecule has 0 amide bonds. The Labute approximate surface area is 642 Å². The van der Waals surface area contributed by atoms with Gasteiger partial charge in [0.2, 0.25) is 0 Å². The number of carbonyl (C=O) groups is 4. The number of phosphoric acid groups is 2. The van der Waals surface area contributed by atoms with Crippen LogP contribution < -0.4 is 0 Å². The van der Waals surface area contributed by atoms with E-state index in [1.165, 1.54) is 38.5 Å². The number of aliphatic hydroxyl groups is 1. The fraction of sp³-hybridized carbons (Fsp3) is 0.655. The molecule has 0 heterocycles. The molecule has 0 aliphatic rings. The fourth-order valence-corrected chi connectivity index (χ4v) is 12.0. The summed E-state index contributed by atoms with van der Waals surface area (Å²) in [7, 11) is -10.00. The Hall–Kier alpha value is -5.32. The van der Waals surface area contributed by atoms with Gasteiger partial charge in [-0.05, 0) is 161 Å². The molecule has 0 radical (unpaired) electrons. The molecule has 0 aromatic carbocycles. The van der Waals surface area contributed by atoms with Crippen molar-refractivity contribution in [2.45, 2.75) is 329 Å². The largest absolute Gasteiger partial charge is 0.472 e. The summed E-state index contributed by atoms with van der Waals surface area (Å²) in [6.45, 7) is 4.43. The van der Waals surface area contributed by atoms with Gasteiger partial charge >= 0.3 is 39.5 Å². The summed E-state index contributed by atoms with van der Waals surface area (Å²) in [5.74, 6) is -2.29. The molecule has 0 rings (SSSR count). The maximum atomic E-state index is 13.1. The number of esters is 4. The zero-order valence-electron chi connectivity index (χ0n) is 66.1. The molecule has 19 heteroatoms. The Bertz CT molecular complexity index is 2630. The summed E-state index contributed by atoms with van der Waals surface area (Å²) in [5, 5.41) is 10.7. The SMILES string of the molecule is CC/C=C\C/C=C\C/C=C\C/C=C\C/C=C\CCCC(=O)OCC(COP(=O)(O)OCC(O)COP(=O)(O)OCC(COC(=O)CCCCCCCC/C=C\C/C=C\C/C=C\C/C=C\CC)OC(=O)CCCCCCC/C=C\C/C=C\C/C=C\CC)OC(=O)CCCCCCC/C=C\CCCCCCCC. The molecule has 0 aromatic rings. The van der Waals surface area contributed by atoms with Crippen molar-refractivity contribution < 1.29 is 80.2 Å². The lowest BCUT2D eigenvalue weighted by molar-refractivity contribution is -0.161. The van der Waals surface area contributed by atoms with Crippen molar-refractivity contribution >= 4 is 39.5 Å². The summed E-state index contributed by atoms with van der Waals surface area (Å²) in [6, 6.07) is 0. The molecular formula is C87H144O17P2. The Morgan fingerprint density at radius 1 is 0.274 bits per heavy atom. The first-order chi connectivity index (χ1) is 51.7. The molecule has 0 aromatic heterocycles. The number of hydrogen-bond donors (Lipinski definition) is 3. The van der Waals surface area contributed by atoms with Crippen LogP contribution in [0.15, 0.2) is 158 Å². The van der Waals surface area contributed by atoms with E-state index in [9.17, 15) is 43.2 Å². The first-order valence-electron chi connectivity index (χ1n) is 40.7. The maximum absolute atomic E-state index is 13.1. The predicted molar refractivity (Wildman–Crippen MR) is 436 cm³/mol. The van der Waals surface area contributed by atoms with Gasteiger partial charge in [0.1, 0.15) is 19.3 Å². The predicted octanol–water partition coefficient (Wildman–Crippen LogP) is 24.0. The van der Waals surface area contributed by atoms with E-state index in [1.807, 2.05) is 12.2 Å². The molecular weight excluding hydrogens is 1380 g/mol. The van der Waals surface area contributed by atoms with E-state index >= 15 is 0 Å². The van der Waals surface area contributed by atoms with Crippen molar-refractivity contribution in [3.05, 3.63) is 158 Å². The van der Waals surface area contributed by atoms with Crippen LogP contribution in [0.3, 0.4) is 0 Å². The van der Waals surface area contributed by atoms with Crippen LogP contribution in [0.4, 0.5) is 0 Å². The monoisotopic (exact) mass is 1520 g/mol. The summed E-state index contributed by atoms with van der Waals surface area (Å²) < 4.78 is 68.6. The first kappa shape index (κ1) is 101. The fourth-order valence-electron chi connectivity index (χ4n) is 10.4. The normalized spacial score (nSPS) is 14.7. The van der Waals surface area contributed by atoms with Gasteiger partial charge in [-0.15, -0.1) is 0 Å². The number of rotatable bonds is 75. The van der Waals surface area contributed by atoms with Gasteiger partial charge in [0, 0.05) is 25.7 Å². The molecule has 0 aliphatic heterocycles. The standard InChI is InChI=1S/C87H144O17P2/c1-5-9-13-17-21-25-29-33-37-39-40-42-46-48-52-56-60-64-68-72-85(90)98-78-83(104-87(92)74-70-66-62-58-54-50-44-36-32-28-24-20-16-12-8-4)80-102-106(95,96)100-76-81(88)75-99-105(93,94)101-79-82(103-86(91)73-69-65-61-57-53-49-43-35-31-27-23-19-15-11-7-3)77-97-84(89)71-67-63-59-55-51-47-45-41-38-34-30-26-22-18-14-10-6-2/h9-10,12-14,16,21-22,24-26,28,33-38,40,42-45,47,55,59,81-83,88H,5-8,11,15,17-20,23,27,29-32,39,41,46,48-54,56-58,60-80H2,1-4H3,(H,93,94)(H,95,96)/b13-9-,14-10-,16-12-,25-21-,26-22-,28-24-,37-33-,38-34-,42-40-,43-35-,44-36-,47-45-,59-55-. The number of carbonyl (C=O) groups excluding carboxylic acids is 4. The van der Waals surface area contributed by atoms with Gasteiger partial charge < -0.3 is 33.8 Å². The number of phosphoric ester groups is 2. The number of unbranched alkanes of at least 4 members (excludes halogenated alkanes) is 23. The van der Waals surface area contributed by atoms with Crippen LogP contribution >= 0.6 is 15.6 Å². The van der Waals surface area contributed by atoms with E-state index in [-0.39, 0.29) is 25.7 Å². The van der Waals surface area contributed by atoms with E-state index in [4.69, 9.17) is 37.0 Å². The zero-order chi connectivity index (χ0) is 77.4. The summed E-state index contributed by atoms with van der Waals surface area (Å²) in [4.78, 5) is 73.1. The molecule has 0 spiro atoms. The van der Waals surface area contributed by atoms with Crippen LogP contribution in [0.5, 0.6) is 0 Å². The Balaban J connectivity index is 5.45. The molecule has 0 fully saturated rings. The quantitative estimate of drug-likeness (QED) is 0.0169. The molecule has 17 nitrogen and oxygen atoms in total. The molecule has 0 bridgehead atoms. The van der Waals surface area contributed by atoms with Gasteiger partial charge in [-0.3, -0.25) is 37.3 Å². The van der Waals surface area contributed by atoms with Crippen LogP contribution in [0, 0.1) is 0 Å². The average molecular weight is 1520 g/mol. The third-order valence-corrected chi connectivity index (χ3v) is 18.4. The minimum absolute atomic E-state index is 0.0658. The van der Waals surface area contributed by atoms with Gasteiger partial charge in [-0.25, -0.2) is 9.13 Å². The first-order valence-corrected chi connectivity index (χ1v) is 43.7. The number of ether oxygens (including phenoxy) is 4. The molecule has 3 N–H and O–H groups in total. The third-order valence-electron chi connectivity index (χ3n) is 16.5. The minimum Gasteiger partial charge on any atom is -0.462 e. The number of allylic oxidation sites excluding steroid dienone is 26. The van der Waals surface area contributed by atoms with Crippen LogP contribution in [0.25, 0.3) is 0 Å². The van der Waals surface area contributed by atoms with Gasteiger partial charge in [0.05, 0.1) is 26.4 Å². The van der Waals surface area contributed by atoms with E-state index in [0.29, 0.717) is 32.1 Å². The average Bonchev–Trinajstić information content (AvgIpc) is 0.928. The maximum Gasteiger partial charge on any atom is 0.472 e.